The van der Waals surface area contributed by atoms with Crippen LogP contribution in [-0.2, 0) is 28.8 Å². The van der Waals surface area contributed by atoms with Crippen LogP contribution in [0.4, 0.5) is 4.79 Å². The molecule has 23 heteroatoms. The number of aliphatic hydroxyl groups excluding tert-OH is 3. The van der Waals surface area contributed by atoms with Crippen LogP contribution in [0.2, 0.25) is 0 Å². The molecule has 8 amide bonds. The van der Waals surface area contributed by atoms with Crippen molar-refractivity contribution in [3.05, 3.63) is 11.9 Å². The van der Waals surface area contributed by atoms with E-state index in [1.807, 2.05) is 5.32 Å². The molecule has 268 valence electrons. The second-order valence-electron chi connectivity index (χ2n) is 10.7. The van der Waals surface area contributed by atoms with Gasteiger partial charge in [-0.05, 0) is 19.4 Å². The first-order chi connectivity index (χ1) is 22.7. The van der Waals surface area contributed by atoms with E-state index in [0.29, 0.717) is 25.6 Å². The summed E-state index contributed by atoms with van der Waals surface area (Å²) in [7, 11) is 0. The van der Waals surface area contributed by atoms with Crippen LogP contribution in [0.25, 0.3) is 0 Å². The molecule has 2 rings (SSSR count). The van der Waals surface area contributed by atoms with Gasteiger partial charge >= 0.3 is 6.03 Å². The quantitative estimate of drug-likeness (QED) is 0.0950. The van der Waals surface area contributed by atoms with Gasteiger partial charge in [0.25, 0.3) is 5.91 Å². The fourth-order valence-electron chi connectivity index (χ4n) is 4.46. The van der Waals surface area contributed by atoms with E-state index < -0.39 is 109 Å². The topological polar surface area (TPSA) is 393 Å². The number of nitrogens with one attached hydrogen (secondary N) is 8. The number of primary amides is 1. The molecule has 2 heterocycles. The highest BCUT2D eigenvalue weighted by Gasteiger charge is 2.37. The summed E-state index contributed by atoms with van der Waals surface area (Å²) >= 11 is 0. The maximum atomic E-state index is 13.6. The fraction of sp³-hybridized carbons (Fsp3) is 0.600. The number of nitrogens with two attached hydrogens (primary N) is 4. The van der Waals surface area contributed by atoms with E-state index in [2.05, 4.69) is 42.2 Å². The van der Waals surface area contributed by atoms with E-state index in [1.54, 1.807) is 0 Å². The Morgan fingerprint density at radius 1 is 0.979 bits per heavy atom. The Bertz CT molecular complexity index is 1280. The van der Waals surface area contributed by atoms with Gasteiger partial charge in [0, 0.05) is 31.6 Å². The van der Waals surface area contributed by atoms with Crippen LogP contribution < -0.4 is 65.5 Å². The third kappa shape index (κ3) is 12.3. The summed E-state index contributed by atoms with van der Waals surface area (Å²) in [4.78, 5) is 94.0. The minimum absolute atomic E-state index is 0.245. The molecule has 0 spiro atoms. The van der Waals surface area contributed by atoms with Crippen molar-refractivity contribution >= 4 is 47.4 Å². The minimum atomic E-state index is -1.78. The number of guanidine groups is 1. The maximum Gasteiger partial charge on any atom is 0.316 e. The molecule has 2 aliphatic rings. The lowest BCUT2D eigenvalue weighted by atomic mass is 10.0. The molecule has 0 radical (unpaired) electrons. The first kappa shape index (κ1) is 39.1. The van der Waals surface area contributed by atoms with E-state index >= 15 is 0 Å². The Morgan fingerprint density at radius 3 is 2.23 bits per heavy atom. The zero-order valence-electron chi connectivity index (χ0n) is 25.7. The van der Waals surface area contributed by atoms with Crippen LogP contribution in [0.5, 0.6) is 0 Å². The number of aliphatic imine (C=N–C) groups is 1. The van der Waals surface area contributed by atoms with Gasteiger partial charge in [-0.15, -0.1) is 0 Å². The summed E-state index contributed by atoms with van der Waals surface area (Å²) in [5, 5.41) is 47.9. The van der Waals surface area contributed by atoms with Crippen LogP contribution >= 0.6 is 0 Å². The molecule has 0 aromatic carbocycles. The molecule has 7 atom stereocenters. The van der Waals surface area contributed by atoms with Crippen molar-refractivity contribution in [3.63, 3.8) is 0 Å². The first-order valence-electron chi connectivity index (χ1n) is 14.7. The molecular weight excluding hydrogens is 642 g/mol. The molecule has 1 fully saturated rings. The summed E-state index contributed by atoms with van der Waals surface area (Å²) in [6.45, 7) is -2.36. The third-order valence-electron chi connectivity index (χ3n) is 6.91. The van der Waals surface area contributed by atoms with Crippen molar-refractivity contribution in [2.24, 2.45) is 27.9 Å². The van der Waals surface area contributed by atoms with E-state index in [4.69, 9.17) is 22.9 Å². The van der Waals surface area contributed by atoms with Crippen molar-refractivity contribution in [2.75, 3.05) is 26.3 Å². The van der Waals surface area contributed by atoms with E-state index in [1.165, 1.54) is 0 Å². The van der Waals surface area contributed by atoms with Gasteiger partial charge in [0.2, 0.25) is 29.5 Å². The van der Waals surface area contributed by atoms with Gasteiger partial charge in [-0.1, -0.05) is 0 Å². The van der Waals surface area contributed by atoms with Gasteiger partial charge < -0.3 is 80.8 Å². The van der Waals surface area contributed by atoms with E-state index in [0.717, 1.165) is 0 Å². The number of urea groups is 1. The zero-order valence-corrected chi connectivity index (χ0v) is 25.7. The third-order valence-corrected chi connectivity index (χ3v) is 6.91. The second kappa shape index (κ2) is 18.9. The van der Waals surface area contributed by atoms with Gasteiger partial charge in [-0.2, -0.15) is 0 Å². The van der Waals surface area contributed by atoms with Crippen LogP contribution in [0.1, 0.15) is 25.7 Å². The predicted molar refractivity (Wildman–Crippen MR) is 164 cm³/mol. The lowest BCUT2D eigenvalue weighted by molar-refractivity contribution is -0.135. The maximum absolute atomic E-state index is 13.6. The van der Waals surface area contributed by atoms with E-state index in [9.17, 15) is 48.9 Å². The number of carbonyl (C=O) groups excluding carboxylic acids is 7. The SMILES string of the molecule is NCCCC(N)CC(=O)NC1CNC(=O)[C@@H](C2C[C@H](O)N=C(N)N2)NC(=O)/C(=C/NC(N)=O)NC(=O)C(CO)NC(=O)C(CO)NC1=O. The average molecular weight is 686 g/mol. The number of rotatable bonds is 10. The number of hydrogen-bond donors (Lipinski definition) is 15. The monoisotopic (exact) mass is 685 g/mol. The molecule has 23 nitrogen and oxygen atoms in total. The fourth-order valence-corrected chi connectivity index (χ4v) is 4.46. The Morgan fingerprint density at radius 2 is 1.62 bits per heavy atom. The average Bonchev–Trinajstić information content (AvgIpc) is 3.02. The van der Waals surface area contributed by atoms with Gasteiger partial charge in [0.1, 0.15) is 29.9 Å². The number of amides is 8. The van der Waals surface area contributed by atoms with Crippen LogP contribution in [0.3, 0.4) is 0 Å². The summed E-state index contributed by atoms with van der Waals surface area (Å²) < 4.78 is 0. The van der Waals surface area contributed by atoms with Crippen molar-refractivity contribution in [1.29, 1.82) is 0 Å². The molecule has 0 saturated carbocycles. The summed E-state index contributed by atoms with van der Waals surface area (Å²) in [5.41, 5.74) is 21.5. The first-order valence-corrected chi connectivity index (χ1v) is 14.7. The highest BCUT2D eigenvalue weighted by atomic mass is 16.3. The van der Waals surface area contributed by atoms with Gasteiger partial charge in [-0.3, -0.25) is 28.8 Å². The van der Waals surface area contributed by atoms with Gasteiger partial charge in [0.05, 0.1) is 19.3 Å². The summed E-state index contributed by atoms with van der Waals surface area (Å²) in [5.74, 6) is -6.65. The molecule has 2 aliphatic heterocycles. The number of aliphatic hydroxyl groups is 3. The van der Waals surface area contributed by atoms with Crippen molar-refractivity contribution in [2.45, 2.75) is 68.2 Å². The highest BCUT2D eigenvalue weighted by molar-refractivity contribution is 6.02. The summed E-state index contributed by atoms with van der Waals surface area (Å²) in [6.07, 6.45) is -0.339. The van der Waals surface area contributed by atoms with Gasteiger partial charge in [-0.25, -0.2) is 9.79 Å². The Hall–Kier alpha value is -5.10. The van der Waals surface area contributed by atoms with Crippen LogP contribution in [0, 0.1) is 0 Å². The molecular formula is C25H43N13O10. The Kier molecular flexibility index (Phi) is 15.4. The molecule has 1 saturated heterocycles. The van der Waals surface area contributed by atoms with Crippen molar-refractivity contribution < 1.29 is 48.9 Å². The number of hydrogen-bond acceptors (Lipinski definition) is 15. The lowest BCUT2D eigenvalue weighted by Crippen LogP contribution is -2.64. The predicted octanol–water partition coefficient (Wildman–Crippen LogP) is -8.88. The molecule has 19 N–H and O–H groups in total. The second-order valence-corrected chi connectivity index (χ2v) is 10.7. The normalized spacial score (nSPS) is 27.6. The smallest absolute Gasteiger partial charge is 0.316 e. The number of nitrogens with zero attached hydrogens (tertiary/aromatic N) is 1. The molecule has 0 aromatic heterocycles. The van der Waals surface area contributed by atoms with Crippen LogP contribution in [0.15, 0.2) is 16.9 Å². The lowest BCUT2D eigenvalue weighted by Gasteiger charge is -2.33. The minimum Gasteiger partial charge on any atom is -0.394 e. The van der Waals surface area contributed by atoms with Crippen molar-refractivity contribution in [3.8, 4) is 0 Å². The molecule has 0 bridgehead atoms. The van der Waals surface area contributed by atoms with Crippen molar-refractivity contribution in [1.82, 2.24) is 42.5 Å². The molecule has 0 aromatic rings. The highest BCUT2D eigenvalue weighted by Crippen LogP contribution is 2.11. The number of carbonyl (C=O) groups is 7. The standard InChI is InChI=1S/C25H43N13O10/c26-3-1-2-10(27)4-16(41)32-12-6-30-23(47)18(11-5-17(42)37-24(28)36-11)38-20(44)13(7-31-25(29)48)33-21(45)14(8-39)35-22(46)15(9-40)34-19(12)43/h7,10-12,14-15,17-18,39-40,42H,1-6,8-9,26-27H2,(H,30,47)(H,32,41)(H,33,45)(H,34,43)(H,35,46)(H,38,44)(H3,28,36,37)(H3,29,31,48)/b13-7-/t10?,11?,12?,14?,15?,17-,18+/m0/s1. The Labute approximate surface area is 273 Å². The van der Waals surface area contributed by atoms with E-state index in [-0.39, 0.29) is 18.8 Å². The largest absolute Gasteiger partial charge is 0.394 e. The van der Waals surface area contributed by atoms with Crippen LogP contribution in [-0.4, -0.2) is 132 Å². The molecule has 0 aliphatic carbocycles. The molecule has 5 unspecified atom stereocenters. The van der Waals surface area contributed by atoms with Gasteiger partial charge in [0.15, 0.2) is 12.2 Å². The molecule has 48 heavy (non-hydrogen) atoms. The summed E-state index contributed by atoms with van der Waals surface area (Å²) in [6, 6.07) is -9.66. The zero-order chi connectivity index (χ0) is 36.0. The Balaban J connectivity index is 2.54.